The zero-order valence-electron chi connectivity index (χ0n) is 7.90. The number of nitrogens with zero attached hydrogens (tertiary/aromatic N) is 1. The molecule has 1 aromatic carbocycles. The van der Waals surface area contributed by atoms with Crippen molar-refractivity contribution >= 4 is 0 Å². The van der Waals surface area contributed by atoms with Crippen molar-refractivity contribution in [3.63, 3.8) is 0 Å². The van der Waals surface area contributed by atoms with Gasteiger partial charge in [-0.2, -0.15) is 0 Å². The van der Waals surface area contributed by atoms with E-state index in [4.69, 9.17) is 0 Å². The zero-order chi connectivity index (χ0) is 9.64. The maximum Gasteiger partial charge on any atom is 0.120 e. The fraction of sp³-hybridized carbons (Fsp3) is 0.182. The van der Waals surface area contributed by atoms with Gasteiger partial charge in [0.15, 0.2) is 0 Å². The summed E-state index contributed by atoms with van der Waals surface area (Å²) in [6.45, 7) is 1.66. The molecule has 14 heavy (non-hydrogen) atoms. The summed E-state index contributed by atoms with van der Waals surface area (Å²) in [4.78, 5) is 7.18. The third-order valence-electron chi connectivity index (χ3n) is 2.02. The molecule has 0 fully saturated rings. The average Bonchev–Trinajstić information content (AvgIpc) is 2.72. The van der Waals surface area contributed by atoms with Crippen molar-refractivity contribution in [1.82, 2.24) is 15.3 Å². The molecule has 0 spiro atoms. The maximum atomic E-state index is 4.13. The number of hydrogen-bond donors (Lipinski definition) is 2. The van der Waals surface area contributed by atoms with Crippen LogP contribution in [0.4, 0.5) is 0 Å². The van der Waals surface area contributed by atoms with Gasteiger partial charge in [0.25, 0.3) is 0 Å². The van der Waals surface area contributed by atoms with E-state index in [0.717, 1.165) is 18.9 Å². The van der Waals surface area contributed by atoms with E-state index < -0.39 is 0 Å². The Kier molecular flexibility index (Phi) is 2.93. The van der Waals surface area contributed by atoms with Gasteiger partial charge in [-0.1, -0.05) is 30.3 Å². The number of aromatic amines is 1. The van der Waals surface area contributed by atoms with Gasteiger partial charge in [0, 0.05) is 18.9 Å². The number of rotatable bonds is 4. The predicted molar refractivity (Wildman–Crippen MR) is 55.6 cm³/mol. The Hall–Kier alpha value is -1.61. The number of hydrogen-bond acceptors (Lipinski definition) is 2. The van der Waals surface area contributed by atoms with Crippen molar-refractivity contribution in [2.75, 3.05) is 0 Å². The van der Waals surface area contributed by atoms with E-state index in [-0.39, 0.29) is 0 Å². The molecule has 1 aromatic heterocycles. The second-order valence-corrected chi connectivity index (χ2v) is 3.13. The molecule has 0 saturated carbocycles. The Balaban J connectivity index is 1.79. The second kappa shape index (κ2) is 4.58. The first-order valence-corrected chi connectivity index (χ1v) is 4.68. The lowest BCUT2D eigenvalue weighted by Gasteiger charge is -2.02. The van der Waals surface area contributed by atoms with Crippen molar-refractivity contribution in [3.8, 4) is 0 Å². The van der Waals surface area contributed by atoms with Crippen LogP contribution in [-0.2, 0) is 13.1 Å². The molecule has 0 aliphatic heterocycles. The minimum Gasteiger partial charge on any atom is -0.348 e. The summed E-state index contributed by atoms with van der Waals surface area (Å²) in [6.07, 6.45) is 3.60. The van der Waals surface area contributed by atoms with E-state index in [1.54, 1.807) is 6.20 Å². The minimum atomic E-state index is 0.780. The quantitative estimate of drug-likeness (QED) is 0.764. The molecule has 0 radical (unpaired) electrons. The Bertz CT molecular complexity index is 353. The van der Waals surface area contributed by atoms with E-state index in [1.807, 2.05) is 24.4 Å². The predicted octanol–water partition coefficient (Wildman–Crippen LogP) is 1.70. The van der Waals surface area contributed by atoms with Gasteiger partial charge < -0.3 is 10.3 Å². The fourth-order valence-corrected chi connectivity index (χ4v) is 1.32. The van der Waals surface area contributed by atoms with E-state index in [9.17, 15) is 0 Å². The molecule has 3 nitrogen and oxygen atoms in total. The van der Waals surface area contributed by atoms with E-state index in [2.05, 4.69) is 27.4 Å². The molecular weight excluding hydrogens is 174 g/mol. The highest BCUT2D eigenvalue weighted by Crippen LogP contribution is 1.97. The van der Waals surface area contributed by atoms with Crippen molar-refractivity contribution in [3.05, 3.63) is 54.1 Å². The van der Waals surface area contributed by atoms with Gasteiger partial charge in [-0.05, 0) is 5.56 Å². The monoisotopic (exact) mass is 187 g/mol. The number of nitrogens with one attached hydrogen (secondary N) is 2. The Morgan fingerprint density at radius 1 is 1.14 bits per heavy atom. The molecule has 3 heteroatoms. The summed E-state index contributed by atoms with van der Waals surface area (Å²) in [5.74, 6) is 0.973. The van der Waals surface area contributed by atoms with Crippen molar-refractivity contribution in [1.29, 1.82) is 0 Å². The molecule has 2 rings (SSSR count). The van der Waals surface area contributed by atoms with Gasteiger partial charge in [0.1, 0.15) is 5.82 Å². The molecule has 0 amide bonds. The van der Waals surface area contributed by atoms with Crippen LogP contribution in [0.2, 0.25) is 0 Å². The average molecular weight is 187 g/mol. The highest BCUT2D eigenvalue weighted by atomic mass is 15.0. The van der Waals surface area contributed by atoms with Crippen molar-refractivity contribution < 1.29 is 0 Å². The molecule has 0 bridgehead atoms. The fourth-order valence-electron chi connectivity index (χ4n) is 1.32. The number of imidazole rings is 1. The SMILES string of the molecule is c1ccc(CNCc2ncc[nH]2)cc1. The number of aromatic nitrogens is 2. The van der Waals surface area contributed by atoms with Crippen LogP contribution in [0.3, 0.4) is 0 Å². The normalized spacial score (nSPS) is 10.3. The lowest BCUT2D eigenvalue weighted by atomic mass is 10.2. The lowest BCUT2D eigenvalue weighted by Crippen LogP contribution is -2.13. The topological polar surface area (TPSA) is 40.7 Å². The van der Waals surface area contributed by atoms with E-state index in [1.165, 1.54) is 5.56 Å². The molecule has 2 aromatic rings. The van der Waals surface area contributed by atoms with Crippen LogP contribution in [0.25, 0.3) is 0 Å². The zero-order valence-corrected chi connectivity index (χ0v) is 7.90. The molecular formula is C11H13N3. The van der Waals surface area contributed by atoms with Gasteiger partial charge in [0.05, 0.1) is 6.54 Å². The Labute approximate surface area is 83.2 Å². The van der Waals surface area contributed by atoms with Crippen LogP contribution in [-0.4, -0.2) is 9.97 Å². The van der Waals surface area contributed by atoms with Crippen LogP contribution in [0.5, 0.6) is 0 Å². The van der Waals surface area contributed by atoms with Gasteiger partial charge in [-0.15, -0.1) is 0 Å². The largest absolute Gasteiger partial charge is 0.348 e. The van der Waals surface area contributed by atoms with Crippen LogP contribution < -0.4 is 5.32 Å². The van der Waals surface area contributed by atoms with Gasteiger partial charge in [-0.3, -0.25) is 0 Å². The van der Waals surface area contributed by atoms with Crippen LogP contribution in [0.1, 0.15) is 11.4 Å². The number of H-pyrrole nitrogens is 1. The summed E-state index contributed by atoms with van der Waals surface area (Å²) >= 11 is 0. The summed E-state index contributed by atoms with van der Waals surface area (Å²) in [5, 5.41) is 3.31. The Morgan fingerprint density at radius 2 is 2.00 bits per heavy atom. The summed E-state index contributed by atoms with van der Waals surface area (Å²) in [5.41, 5.74) is 1.29. The Morgan fingerprint density at radius 3 is 2.71 bits per heavy atom. The summed E-state index contributed by atoms with van der Waals surface area (Å²) in [7, 11) is 0. The molecule has 0 aliphatic rings. The highest BCUT2D eigenvalue weighted by molar-refractivity contribution is 5.14. The minimum absolute atomic E-state index is 0.780. The van der Waals surface area contributed by atoms with E-state index in [0.29, 0.717) is 0 Å². The van der Waals surface area contributed by atoms with Crippen molar-refractivity contribution in [2.45, 2.75) is 13.1 Å². The maximum absolute atomic E-state index is 4.13. The molecule has 0 unspecified atom stereocenters. The molecule has 0 aliphatic carbocycles. The smallest absolute Gasteiger partial charge is 0.120 e. The van der Waals surface area contributed by atoms with Crippen LogP contribution in [0, 0.1) is 0 Å². The van der Waals surface area contributed by atoms with Gasteiger partial charge in [-0.25, -0.2) is 4.98 Å². The molecule has 72 valence electrons. The third-order valence-corrected chi connectivity index (χ3v) is 2.02. The molecule has 1 heterocycles. The molecule has 0 atom stereocenters. The van der Waals surface area contributed by atoms with Crippen LogP contribution >= 0.6 is 0 Å². The summed E-state index contributed by atoms with van der Waals surface area (Å²) in [6, 6.07) is 10.3. The second-order valence-electron chi connectivity index (χ2n) is 3.13. The van der Waals surface area contributed by atoms with E-state index >= 15 is 0 Å². The summed E-state index contributed by atoms with van der Waals surface area (Å²) < 4.78 is 0. The standard InChI is InChI=1S/C11H13N3/c1-2-4-10(5-3-1)8-12-9-11-13-6-7-14-11/h1-7,12H,8-9H2,(H,13,14). The molecule has 0 saturated heterocycles. The third kappa shape index (κ3) is 2.44. The first kappa shape index (κ1) is 8.97. The first-order chi connectivity index (χ1) is 6.95. The van der Waals surface area contributed by atoms with Gasteiger partial charge in [0.2, 0.25) is 0 Å². The number of benzene rings is 1. The lowest BCUT2D eigenvalue weighted by molar-refractivity contribution is 0.669. The molecule has 2 N–H and O–H groups in total. The van der Waals surface area contributed by atoms with Crippen molar-refractivity contribution in [2.24, 2.45) is 0 Å². The van der Waals surface area contributed by atoms with Crippen LogP contribution in [0.15, 0.2) is 42.7 Å². The highest BCUT2D eigenvalue weighted by Gasteiger charge is 1.93. The van der Waals surface area contributed by atoms with Gasteiger partial charge >= 0.3 is 0 Å². The first-order valence-electron chi connectivity index (χ1n) is 4.68.